The molecule has 2 aliphatic heterocycles. The first-order valence-electron chi connectivity index (χ1n) is 18.9. The van der Waals surface area contributed by atoms with Gasteiger partial charge in [-0.1, -0.05) is 110 Å². The molecule has 10 heteroatoms. The van der Waals surface area contributed by atoms with Crippen LogP contribution in [0, 0.1) is 0 Å². The normalized spacial score (nSPS) is 13.4. The Morgan fingerprint density at radius 2 is 0.741 bits per heavy atom. The summed E-state index contributed by atoms with van der Waals surface area (Å²) in [7, 11) is 0. The Morgan fingerprint density at radius 3 is 1.07 bits per heavy atom. The predicted molar refractivity (Wildman–Crippen MR) is 224 cm³/mol. The van der Waals surface area contributed by atoms with Crippen LogP contribution in [0.4, 0.5) is 60.5 Å². The third-order valence-electron chi connectivity index (χ3n) is 10.6. The molecule has 0 aromatic heterocycles. The van der Waals surface area contributed by atoms with Gasteiger partial charge in [-0.15, -0.1) is 0 Å². The van der Waals surface area contributed by atoms with Crippen LogP contribution in [0.2, 0.25) is 0 Å². The van der Waals surface area contributed by atoms with E-state index in [1.807, 2.05) is 111 Å². The summed E-state index contributed by atoms with van der Waals surface area (Å²) in [6.45, 7) is 3.99. The van der Waals surface area contributed by atoms with Crippen molar-refractivity contribution >= 4 is 57.6 Å². The van der Waals surface area contributed by atoms with E-state index in [1.54, 1.807) is 35.7 Å². The second-order valence-electron chi connectivity index (χ2n) is 14.0. The van der Waals surface area contributed by atoms with Crippen molar-refractivity contribution in [3.05, 3.63) is 168 Å². The number of benzene rings is 7. The van der Waals surface area contributed by atoms with Crippen LogP contribution in [0.1, 0.15) is 36.1 Å². The van der Waals surface area contributed by atoms with Crippen LogP contribution < -0.4 is 9.80 Å². The molecule has 0 amide bonds. The molecular formula is C48H34F6N2S2. The average Bonchev–Trinajstić information content (AvgIpc) is 3.23. The maximum Gasteiger partial charge on any atom is 0.416 e. The molecule has 2 nitrogen and oxygen atoms in total. The fourth-order valence-electron chi connectivity index (χ4n) is 8.23. The van der Waals surface area contributed by atoms with Crippen molar-refractivity contribution in [3.63, 3.8) is 0 Å². The Hall–Kier alpha value is -5.58. The molecule has 0 unspecified atom stereocenters. The fourth-order valence-corrected chi connectivity index (χ4v) is 10.3. The summed E-state index contributed by atoms with van der Waals surface area (Å²) >= 11 is 3.20. The first-order valence-corrected chi connectivity index (χ1v) is 20.5. The largest absolute Gasteiger partial charge is 0.416 e. The van der Waals surface area contributed by atoms with Crippen molar-refractivity contribution in [2.75, 3.05) is 9.80 Å². The molecule has 7 aromatic rings. The molecule has 0 radical (unpaired) electrons. The fraction of sp³-hybridized carbons (Fsp3) is 0.125. The van der Waals surface area contributed by atoms with Gasteiger partial charge in [0.05, 0.1) is 45.3 Å². The third kappa shape index (κ3) is 6.43. The van der Waals surface area contributed by atoms with Crippen molar-refractivity contribution in [2.45, 2.75) is 58.6 Å². The Kier molecular flexibility index (Phi) is 9.60. The van der Waals surface area contributed by atoms with Crippen LogP contribution in [0.25, 0.3) is 22.3 Å². The maximum atomic E-state index is 14.7. The van der Waals surface area contributed by atoms with Gasteiger partial charge >= 0.3 is 12.4 Å². The molecule has 0 aliphatic carbocycles. The zero-order valence-corrected chi connectivity index (χ0v) is 32.9. The molecule has 58 heavy (non-hydrogen) atoms. The number of anilines is 6. The number of nitrogens with zero attached hydrogens (tertiary/aromatic N) is 2. The minimum Gasteiger partial charge on any atom is -0.308 e. The number of fused-ring (bicyclic) bond motifs is 4. The highest BCUT2D eigenvalue weighted by Gasteiger charge is 2.38. The molecule has 0 spiro atoms. The van der Waals surface area contributed by atoms with Crippen molar-refractivity contribution < 1.29 is 26.3 Å². The van der Waals surface area contributed by atoms with E-state index in [9.17, 15) is 26.3 Å². The zero-order valence-electron chi connectivity index (χ0n) is 31.2. The lowest BCUT2D eigenvalue weighted by Crippen LogP contribution is -2.23. The quantitative estimate of drug-likeness (QED) is 0.154. The SMILES string of the molecule is CCc1c(-c2cccc(C(F)(F)F)c2)c(N2c3ccccc3Sc3ccccc32)c(-c2cccc(C(F)(F)F)c2)c(CC)c1N1c2ccccc2Sc2ccccc21. The lowest BCUT2D eigenvalue weighted by molar-refractivity contribution is -0.138. The molecule has 9 rings (SSSR count). The van der Waals surface area contributed by atoms with Crippen LogP contribution in [-0.4, -0.2) is 0 Å². The van der Waals surface area contributed by atoms with Crippen molar-refractivity contribution in [1.29, 1.82) is 0 Å². The standard InChI is InChI=1S/C48H34F6N2S2/c1-3-33-43(29-15-13-17-31(27-29)47(49,50)51)46(56-37-21-7-11-25-41(37)58-42-26-12-8-22-38(42)56)44(30-16-14-18-32(28-30)48(52,53)54)34(4-2)45(33)55-35-19-5-9-23-39(35)57-40-24-10-6-20-36(40)55/h5-28H,3-4H2,1-2H3. The van der Waals surface area contributed by atoms with Crippen molar-refractivity contribution in [1.82, 2.24) is 0 Å². The Labute approximate surface area is 341 Å². The first kappa shape index (κ1) is 38.0. The molecule has 290 valence electrons. The Morgan fingerprint density at radius 1 is 0.414 bits per heavy atom. The van der Waals surface area contributed by atoms with Gasteiger partial charge in [0.25, 0.3) is 0 Å². The summed E-state index contributed by atoms with van der Waals surface area (Å²) < 4.78 is 88.2. The second-order valence-corrected chi connectivity index (χ2v) is 16.2. The smallest absolute Gasteiger partial charge is 0.308 e. The summed E-state index contributed by atoms with van der Waals surface area (Å²) in [6, 6.07) is 42.2. The van der Waals surface area contributed by atoms with E-state index in [4.69, 9.17) is 0 Å². The number of hydrogen-bond acceptors (Lipinski definition) is 4. The van der Waals surface area contributed by atoms with Crippen LogP contribution >= 0.6 is 23.5 Å². The van der Waals surface area contributed by atoms with E-state index in [2.05, 4.69) is 9.80 Å². The molecule has 2 aliphatic rings. The summed E-state index contributed by atoms with van der Waals surface area (Å²) in [6.07, 6.45) is -8.52. The van der Waals surface area contributed by atoms with Gasteiger partial charge in [-0.25, -0.2) is 0 Å². The summed E-state index contributed by atoms with van der Waals surface area (Å²) in [5.74, 6) is 0. The van der Waals surface area contributed by atoms with E-state index >= 15 is 0 Å². The highest BCUT2D eigenvalue weighted by atomic mass is 32.2. The Bertz CT molecular complexity index is 2540. The average molecular weight is 817 g/mol. The van der Waals surface area contributed by atoms with Gasteiger partial charge in [-0.2, -0.15) is 26.3 Å². The lowest BCUT2D eigenvalue weighted by Gasteiger charge is -2.41. The highest BCUT2D eigenvalue weighted by Crippen LogP contribution is 2.61. The van der Waals surface area contributed by atoms with E-state index in [-0.39, 0.29) is 0 Å². The van der Waals surface area contributed by atoms with Crippen LogP contribution in [0.15, 0.2) is 165 Å². The number of alkyl halides is 6. The van der Waals surface area contributed by atoms with E-state index in [0.717, 1.165) is 71.3 Å². The second kappa shape index (κ2) is 14.7. The van der Waals surface area contributed by atoms with E-state index in [1.165, 1.54) is 24.3 Å². The molecule has 2 heterocycles. The summed E-state index contributed by atoms with van der Waals surface area (Å²) in [5.41, 5.74) is 6.08. The third-order valence-corrected chi connectivity index (χ3v) is 12.9. The van der Waals surface area contributed by atoms with Crippen LogP contribution in [0.5, 0.6) is 0 Å². The molecular weight excluding hydrogens is 783 g/mol. The number of para-hydroxylation sites is 4. The maximum absolute atomic E-state index is 14.7. The summed E-state index contributed by atoms with van der Waals surface area (Å²) in [5, 5.41) is 0. The van der Waals surface area contributed by atoms with Gasteiger partial charge in [-0.3, -0.25) is 0 Å². The van der Waals surface area contributed by atoms with Crippen LogP contribution in [-0.2, 0) is 25.2 Å². The topological polar surface area (TPSA) is 6.48 Å². The minimum atomic E-state index is -4.65. The molecule has 0 bridgehead atoms. The molecule has 7 aromatic carbocycles. The predicted octanol–water partition coefficient (Wildman–Crippen LogP) is 16.1. The number of halogens is 6. The first-order chi connectivity index (χ1) is 28.0. The van der Waals surface area contributed by atoms with Crippen molar-refractivity contribution in [2.24, 2.45) is 0 Å². The van der Waals surface area contributed by atoms with Gasteiger partial charge in [0, 0.05) is 30.7 Å². The van der Waals surface area contributed by atoms with E-state index < -0.39 is 23.5 Å². The highest BCUT2D eigenvalue weighted by molar-refractivity contribution is 8.00. The molecule has 0 saturated heterocycles. The Balaban J connectivity index is 1.53. The number of rotatable bonds is 6. The monoisotopic (exact) mass is 816 g/mol. The summed E-state index contributed by atoms with van der Waals surface area (Å²) in [4.78, 5) is 8.00. The van der Waals surface area contributed by atoms with Gasteiger partial charge in [0.1, 0.15) is 0 Å². The number of hydrogen-bond donors (Lipinski definition) is 0. The minimum absolute atomic E-state index is 0.306. The van der Waals surface area contributed by atoms with Gasteiger partial charge < -0.3 is 9.80 Å². The molecule has 0 N–H and O–H groups in total. The molecule has 0 fully saturated rings. The van der Waals surface area contributed by atoms with E-state index in [0.29, 0.717) is 40.8 Å². The lowest BCUT2D eigenvalue weighted by atomic mass is 9.82. The molecule has 0 saturated carbocycles. The van der Waals surface area contributed by atoms with Gasteiger partial charge in [0.2, 0.25) is 0 Å². The van der Waals surface area contributed by atoms with Gasteiger partial charge in [-0.05, 0) is 108 Å². The molecule has 0 atom stereocenters. The van der Waals surface area contributed by atoms with Crippen LogP contribution in [0.3, 0.4) is 0 Å². The zero-order chi connectivity index (χ0) is 40.3. The van der Waals surface area contributed by atoms with Gasteiger partial charge in [0.15, 0.2) is 0 Å². The van der Waals surface area contributed by atoms with Crippen molar-refractivity contribution in [3.8, 4) is 22.3 Å².